The molecule has 29 heavy (non-hydrogen) atoms. The summed E-state index contributed by atoms with van der Waals surface area (Å²) in [7, 11) is 0. The number of hydrogen-bond acceptors (Lipinski definition) is 5. The van der Waals surface area contributed by atoms with Crippen molar-refractivity contribution in [2.24, 2.45) is 0 Å². The van der Waals surface area contributed by atoms with Crippen molar-refractivity contribution in [3.05, 3.63) is 59.7 Å². The number of anilines is 2. The summed E-state index contributed by atoms with van der Waals surface area (Å²) in [6.07, 6.45) is 2.73. The van der Waals surface area contributed by atoms with Crippen LogP contribution < -0.4 is 4.90 Å². The first kappa shape index (κ1) is 19.9. The highest BCUT2D eigenvalue weighted by Gasteiger charge is 2.28. The minimum absolute atomic E-state index is 0.243. The molecule has 0 spiro atoms. The Kier molecular flexibility index (Phi) is 6.47. The van der Waals surface area contributed by atoms with Crippen molar-refractivity contribution in [1.29, 1.82) is 0 Å². The Balaban J connectivity index is 1.43. The Morgan fingerprint density at radius 3 is 2.34 bits per heavy atom. The molecule has 2 aliphatic rings. The zero-order chi connectivity index (χ0) is 20.1. The standard InChI is InChI=1S/C24H30N2O3/c1-2-28-24(27)23-18-25(16-17-29-23)14-7-15-26-21-10-5-3-8-19(21)12-13-20-9-4-6-11-22(20)26/h3-6,8-11,23H,2,7,12-18H2,1H3. The van der Waals surface area contributed by atoms with E-state index in [-0.39, 0.29) is 5.97 Å². The maximum Gasteiger partial charge on any atom is 0.336 e. The summed E-state index contributed by atoms with van der Waals surface area (Å²) in [6, 6.07) is 17.5. The van der Waals surface area contributed by atoms with Gasteiger partial charge in [-0.25, -0.2) is 4.79 Å². The maximum absolute atomic E-state index is 12.0. The van der Waals surface area contributed by atoms with E-state index in [1.165, 1.54) is 22.5 Å². The van der Waals surface area contributed by atoms with Crippen LogP contribution in [-0.4, -0.2) is 56.4 Å². The average molecular weight is 395 g/mol. The Labute approximate surface area is 173 Å². The number of aryl methyl sites for hydroxylation is 2. The van der Waals surface area contributed by atoms with Gasteiger partial charge >= 0.3 is 5.97 Å². The van der Waals surface area contributed by atoms with Crippen LogP contribution >= 0.6 is 0 Å². The zero-order valence-corrected chi connectivity index (χ0v) is 17.2. The Morgan fingerprint density at radius 2 is 1.69 bits per heavy atom. The van der Waals surface area contributed by atoms with Gasteiger partial charge in [0.2, 0.25) is 0 Å². The number of para-hydroxylation sites is 2. The molecule has 0 N–H and O–H groups in total. The van der Waals surface area contributed by atoms with Crippen LogP contribution in [0.15, 0.2) is 48.5 Å². The molecule has 154 valence electrons. The number of fused-ring (bicyclic) bond motifs is 2. The van der Waals surface area contributed by atoms with E-state index in [2.05, 4.69) is 58.3 Å². The number of nitrogens with zero attached hydrogens (tertiary/aromatic N) is 2. The molecular formula is C24H30N2O3. The molecule has 4 rings (SSSR count). The maximum atomic E-state index is 12.0. The Bertz CT molecular complexity index is 791. The van der Waals surface area contributed by atoms with Gasteiger partial charge in [0, 0.05) is 37.6 Å². The number of esters is 1. The lowest BCUT2D eigenvalue weighted by Gasteiger charge is -2.33. The SMILES string of the molecule is CCOC(=O)C1CN(CCCN2c3ccccc3CCc3ccccc32)CCO1. The lowest BCUT2D eigenvalue weighted by Crippen LogP contribution is -2.47. The van der Waals surface area contributed by atoms with Crippen molar-refractivity contribution in [3.8, 4) is 0 Å². The van der Waals surface area contributed by atoms with Crippen LogP contribution in [0.5, 0.6) is 0 Å². The second kappa shape index (κ2) is 9.42. The second-order valence-electron chi connectivity index (χ2n) is 7.67. The molecule has 2 aromatic carbocycles. The lowest BCUT2D eigenvalue weighted by molar-refractivity contribution is -0.162. The van der Waals surface area contributed by atoms with Crippen LogP contribution in [0.1, 0.15) is 24.5 Å². The van der Waals surface area contributed by atoms with Gasteiger partial charge in [-0.05, 0) is 49.4 Å². The van der Waals surface area contributed by atoms with E-state index >= 15 is 0 Å². The van der Waals surface area contributed by atoms with Crippen molar-refractivity contribution < 1.29 is 14.3 Å². The fraction of sp³-hybridized carbons (Fsp3) is 0.458. The molecule has 1 fully saturated rings. The highest BCUT2D eigenvalue weighted by molar-refractivity contribution is 5.75. The van der Waals surface area contributed by atoms with Crippen LogP contribution in [-0.2, 0) is 27.1 Å². The quantitative estimate of drug-likeness (QED) is 0.701. The average Bonchev–Trinajstić information content (AvgIpc) is 2.92. The molecule has 0 amide bonds. The van der Waals surface area contributed by atoms with E-state index in [0.717, 1.165) is 38.9 Å². The van der Waals surface area contributed by atoms with Crippen molar-refractivity contribution >= 4 is 17.3 Å². The van der Waals surface area contributed by atoms with Crippen molar-refractivity contribution in [1.82, 2.24) is 4.90 Å². The third-order valence-electron chi connectivity index (χ3n) is 5.78. The fourth-order valence-corrected chi connectivity index (χ4v) is 4.35. The molecule has 0 saturated carbocycles. The van der Waals surface area contributed by atoms with Crippen molar-refractivity contribution in [2.45, 2.75) is 32.3 Å². The smallest absolute Gasteiger partial charge is 0.336 e. The third-order valence-corrected chi connectivity index (χ3v) is 5.78. The molecule has 0 aromatic heterocycles. The van der Waals surface area contributed by atoms with E-state index in [1.807, 2.05) is 6.92 Å². The van der Waals surface area contributed by atoms with Gasteiger partial charge in [0.05, 0.1) is 13.2 Å². The molecule has 0 radical (unpaired) electrons. The minimum atomic E-state index is -0.455. The summed E-state index contributed by atoms with van der Waals surface area (Å²) >= 11 is 0. The summed E-state index contributed by atoms with van der Waals surface area (Å²) in [5.74, 6) is -0.243. The molecule has 2 aliphatic heterocycles. The molecule has 1 unspecified atom stereocenters. The number of carbonyl (C=O) groups excluding carboxylic acids is 1. The highest BCUT2D eigenvalue weighted by Crippen LogP contribution is 2.35. The lowest BCUT2D eigenvalue weighted by atomic mass is 10.0. The monoisotopic (exact) mass is 394 g/mol. The van der Waals surface area contributed by atoms with Gasteiger partial charge in [-0.3, -0.25) is 4.90 Å². The first-order chi connectivity index (χ1) is 14.3. The Hall–Kier alpha value is -2.37. The van der Waals surface area contributed by atoms with Gasteiger partial charge in [-0.2, -0.15) is 0 Å². The second-order valence-corrected chi connectivity index (χ2v) is 7.67. The van der Waals surface area contributed by atoms with Crippen molar-refractivity contribution in [2.75, 3.05) is 44.3 Å². The summed E-state index contributed by atoms with van der Waals surface area (Å²) in [6.45, 7) is 6.19. The topological polar surface area (TPSA) is 42.0 Å². The van der Waals surface area contributed by atoms with Gasteiger partial charge in [-0.15, -0.1) is 0 Å². The molecule has 5 heteroatoms. The summed E-state index contributed by atoms with van der Waals surface area (Å²) < 4.78 is 10.7. The molecule has 0 bridgehead atoms. The van der Waals surface area contributed by atoms with Crippen LogP contribution in [0.4, 0.5) is 11.4 Å². The predicted octanol–water partition coefficient (Wildman–Crippen LogP) is 3.58. The minimum Gasteiger partial charge on any atom is -0.464 e. The van der Waals surface area contributed by atoms with E-state index in [1.54, 1.807) is 0 Å². The van der Waals surface area contributed by atoms with Gasteiger partial charge in [-0.1, -0.05) is 36.4 Å². The van der Waals surface area contributed by atoms with Crippen LogP contribution in [0, 0.1) is 0 Å². The Morgan fingerprint density at radius 1 is 1.03 bits per heavy atom. The van der Waals surface area contributed by atoms with E-state index in [4.69, 9.17) is 9.47 Å². The number of rotatable bonds is 6. The zero-order valence-electron chi connectivity index (χ0n) is 17.2. The summed E-state index contributed by atoms with van der Waals surface area (Å²) in [5, 5.41) is 0. The molecule has 5 nitrogen and oxygen atoms in total. The van der Waals surface area contributed by atoms with Crippen LogP contribution in [0.3, 0.4) is 0 Å². The third kappa shape index (κ3) is 4.62. The number of morpholine rings is 1. The number of carbonyl (C=O) groups is 1. The van der Waals surface area contributed by atoms with Gasteiger partial charge in [0.1, 0.15) is 0 Å². The van der Waals surface area contributed by atoms with Gasteiger partial charge in [0.15, 0.2) is 6.10 Å². The normalized spacial score (nSPS) is 19.2. The highest BCUT2D eigenvalue weighted by atomic mass is 16.6. The fourth-order valence-electron chi connectivity index (χ4n) is 4.35. The number of ether oxygens (including phenoxy) is 2. The van der Waals surface area contributed by atoms with E-state index in [0.29, 0.717) is 19.8 Å². The molecule has 1 atom stereocenters. The van der Waals surface area contributed by atoms with Crippen LogP contribution in [0.25, 0.3) is 0 Å². The molecule has 0 aliphatic carbocycles. The van der Waals surface area contributed by atoms with E-state index in [9.17, 15) is 4.79 Å². The number of benzene rings is 2. The largest absolute Gasteiger partial charge is 0.464 e. The molecular weight excluding hydrogens is 364 g/mol. The van der Waals surface area contributed by atoms with Crippen LogP contribution in [0.2, 0.25) is 0 Å². The predicted molar refractivity (Wildman–Crippen MR) is 115 cm³/mol. The van der Waals surface area contributed by atoms with Crippen molar-refractivity contribution in [3.63, 3.8) is 0 Å². The van der Waals surface area contributed by atoms with Gasteiger partial charge < -0.3 is 14.4 Å². The first-order valence-electron chi connectivity index (χ1n) is 10.7. The molecule has 1 saturated heterocycles. The summed E-state index contributed by atoms with van der Waals surface area (Å²) in [5.41, 5.74) is 5.47. The number of hydrogen-bond donors (Lipinski definition) is 0. The summed E-state index contributed by atoms with van der Waals surface area (Å²) in [4.78, 5) is 16.8. The molecule has 2 aromatic rings. The van der Waals surface area contributed by atoms with Gasteiger partial charge in [0.25, 0.3) is 0 Å². The first-order valence-corrected chi connectivity index (χ1v) is 10.7. The van der Waals surface area contributed by atoms with E-state index < -0.39 is 6.10 Å². The molecule has 2 heterocycles.